The zero-order valence-corrected chi connectivity index (χ0v) is 15.8. The Morgan fingerprint density at radius 1 is 1.12 bits per heavy atom. The van der Waals surface area contributed by atoms with Gasteiger partial charge in [-0.1, -0.05) is 43.3 Å². The van der Waals surface area contributed by atoms with E-state index in [-0.39, 0.29) is 12.3 Å². The van der Waals surface area contributed by atoms with Crippen LogP contribution in [0.4, 0.5) is 5.69 Å². The van der Waals surface area contributed by atoms with Gasteiger partial charge in [0.05, 0.1) is 24.4 Å². The van der Waals surface area contributed by atoms with Crippen LogP contribution in [0, 0.1) is 0 Å². The van der Waals surface area contributed by atoms with Crippen LogP contribution in [-0.4, -0.2) is 17.5 Å². The second-order valence-electron chi connectivity index (χ2n) is 5.85. The van der Waals surface area contributed by atoms with Crippen LogP contribution in [0.15, 0.2) is 53.9 Å². The number of anilines is 1. The minimum absolute atomic E-state index is 0.102. The van der Waals surface area contributed by atoms with Gasteiger partial charge in [-0.15, -0.1) is 11.3 Å². The fourth-order valence-corrected chi connectivity index (χ4v) is 3.44. The number of nitrogens with one attached hydrogen (secondary N) is 1. The number of nitrogens with zero attached hydrogens (tertiary/aromatic N) is 1. The summed E-state index contributed by atoms with van der Waals surface area (Å²) in [6.07, 6.45) is 1.26. The van der Waals surface area contributed by atoms with Gasteiger partial charge in [0, 0.05) is 10.9 Å². The summed E-state index contributed by atoms with van der Waals surface area (Å²) in [6.45, 7) is 4.61. The minimum Gasteiger partial charge on any atom is -0.492 e. The van der Waals surface area contributed by atoms with Crippen molar-refractivity contribution in [1.29, 1.82) is 0 Å². The Morgan fingerprint density at radius 2 is 1.88 bits per heavy atom. The van der Waals surface area contributed by atoms with E-state index in [1.54, 1.807) is 11.3 Å². The van der Waals surface area contributed by atoms with Crippen LogP contribution in [0.1, 0.15) is 25.1 Å². The molecule has 5 heteroatoms. The maximum atomic E-state index is 12.4. The lowest BCUT2D eigenvalue weighted by atomic mass is 10.1. The number of carbonyl (C=O) groups is 1. The van der Waals surface area contributed by atoms with E-state index in [9.17, 15) is 4.79 Å². The van der Waals surface area contributed by atoms with Gasteiger partial charge in [0.2, 0.25) is 5.91 Å². The van der Waals surface area contributed by atoms with Crippen LogP contribution in [0.25, 0.3) is 10.6 Å². The molecular weight excluding hydrogens is 344 g/mol. The quantitative estimate of drug-likeness (QED) is 0.643. The van der Waals surface area contributed by atoms with E-state index >= 15 is 0 Å². The number of amides is 1. The van der Waals surface area contributed by atoms with E-state index in [0.29, 0.717) is 18.0 Å². The molecule has 0 spiro atoms. The number of hydrogen-bond donors (Lipinski definition) is 1. The predicted molar refractivity (Wildman–Crippen MR) is 107 cm³/mol. The van der Waals surface area contributed by atoms with Crippen LogP contribution in [0.5, 0.6) is 5.75 Å². The first-order valence-electron chi connectivity index (χ1n) is 8.75. The summed E-state index contributed by atoms with van der Waals surface area (Å²) in [5, 5.41) is 5.79. The van der Waals surface area contributed by atoms with Gasteiger partial charge < -0.3 is 10.1 Å². The van der Waals surface area contributed by atoms with E-state index < -0.39 is 0 Å². The molecule has 0 aliphatic heterocycles. The Labute approximate surface area is 157 Å². The van der Waals surface area contributed by atoms with Crippen LogP contribution < -0.4 is 10.1 Å². The Balaban J connectivity index is 1.66. The number of ether oxygens (including phenoxy) is 1. The Hall–Kier alpha value is -2.66. The van der Waals surface area contributed by atoms with Crippen LogP contribution in [0.2, 0.25) is 0 Å². The van der Waals surface area contributed by atoms with Gasteiger partial charge in [-0.3, -0.25) is 4.79 Å². The smallest absolute Gasteiger partial charge is 0.230 e. The van der Waals surface area contributed by atoms with Gasteiger partial charge >= 0.3 is 0 Å². The van der Waals surface area contributed by atoms with Crippen molar-refractivity contribution in [1.82, 2.24) is 4.98 Å². The molecule has 26 heavy (non-hydrogen) atoms. The normalized spacial score (nSPS) is 10.5. The lowest BCUT2D eigenvalue weighted by Crippen LogP contribution is -2.15. The molecule has 0 bridgehead atoms. The summed E-state index contributed by atoms with van der Waals surface area (Å²) >= 11 is 1.56. The minimum atomic E-state index is -0.102. The van der Waals surface area contributed by atoms with Crippen molar-refractivity contribution in [2.24, 2.45) is 0 Å². The molecule has 134 valence electrons. The molecule has 0 aliphatic rings. The molecule has 0 saturated carbocycles. The first-order chi connectivity index (χ1) is 12.7. The number of thiazole rings is 1. The van der Waals surface area contributed by atoms with Gasteiger partial charge in [0.25, 0.3) is 0 Å². The molecule has 3 aromatic rings. The van der Waals surface area contributed by atoms with Crippen LogP contribution in [-0.2, 0) is 17.6 Å². The zero-order valence-electron chi connectivity index (χ0n) is 15.0. The number of aryl methyl sites for hydroxylation is 1. The second-order valence-corrected chi connectivity index (χ2v) is 6.71. The van der Waals surface area contributed by atoms with Crippen LogP contribution in [0.3, 0.4) is 0 Å². The van der Waals surface area contributed by atoms with Gasteiger partial charge in [0.1, 0.15) is 10.8 Å². The third kappa shape index (κ3) is 4.49. The summed E-state index contributed by atoms with van der Waals surface area (Å²) in [5.74, 6) is 0.577. The van der Waals surface area contributed by atoms with Crippen molar-refractivity contribution in [3.63, 3.8) is 0 Å². The molecule has 1 N–H and O–H groups in total. The van der Waals surface area contributed by atoms with Crippen molar-refractivity contribution in [2.45, 2.75) is 26.7 Å². The van der Waals surface area contributed by atoms with Crippen molar-refractivity contribution < 1.29 is 9.53 Å². The molecule has 0 atom stereocenters. The Kier molecular flexibility index (Phi) is 6.02. The fraction of sp³-hybridized carbons (Fsp3) is 0.238. The number of carbonyl (C=O) groups excluding carboxylic acids is 1. The summed E-state index contributed by atoms with van der Waals surface area (Å²) < 4.78 is 5.54. The monoisotopic (exact) mass is 366 g/mol. The second kappa shape index (κ2) is 8.63. The molecule has 1 aromatic heterocycles. The molecule has 1 heterocycles. The predicted octanol–water partition coefficient (Wildman–Crippen LogP) is 4.95. The van der Waals surface area contributed by atoms with E-state index in [1.165, 1.54) is 5.56 Å². The van der Waals surface area contributed by atoms with E-state index in [2.05, 4.69) is 41.5 Å². The molecule has 3 rings (SSSR count). The van der Waals surface area contributed by atoms with Gasteiger partial charge in [-0.25, -0.2) is 4.98 Å². The Morgan fingerprint density at radius 3 is 2.62 bits per heavy atom. The summed E-state index contributed by atoms with van der Waals surface area (Å²) in [6, 6.07) is 15.8. The maximum absolute atomic E-state index is 12.4. The van der Waals surface area contributed by atoms with E-state index in [1.807, 2.05) is 36.6 Å². The molecular formula is C21H22N2O2S. The largest absolute Gasteiger partial charge is 0.492 e. The van der Waals surface area contributed by atoms with Crippen molar-refractivity contribution in [2.75, 3.05) is 11.9 Å². The molecule has 4 nitrogen and oxygen atoms in total. The van der Waals surface area contributed by atoms with Crippen molar-refractivity contribution in [3.8, 4) is 16.3 Å². The molecule has 0 radical (unpaired) electrons. The molecule has 0 unspecified atom stereocenters. The number of rotatable bonds is 7. The third-order valence-corrected chi connectivity index (χ3v) is 4.90. The first-order valence-corrected chi connectivity index (χ1v) is 9.63. The van der Waals surface area contributed by atoms with Gasteiger partial charge in [0.15, 0.2) is 0 Å². The molecule has 0 aliphatic carbocycles. The molecule has 2 aromatic carbocycles. The maximum Gasteiger partial charge on any atom is 0.230 e. The summed E-state index contributed by atoms with van der Waals surface area (Å²) in [7, 11) is 0. The van der Waals surface area contributed by atoms with Crippen molar-refractivity contribution >= 4 is 22.9 Å². The number of aromatic nitrogens is 1. The highest BCUT2D eigenvalue weighted by Crippen LogP contribution is 2.26. The molecule has 0 saturated heterocycles. The number of benzene rings is 2. The molecule has 1 amide bonds. The van der Waals surface area contributed by atoms with E-state index in [4.69, 9.17) is 4.74 Å². The van der Waals surface area contributed by atoms with Gasteiger partial charge in [-0.05, 0) is 31.0 Å². The van der Waals surface area contributed by atoms with Gasteiger partial charge in [-0.2, -0.15) is 0 Å². The highest BCUT2D eigenvalue weighted by molar-refractivity contribution is 7.13. The lowest BCUT2D eigenvalue weighted by Gasteiger charge is -2.10. The highest BCUT2D eigenvalue weighted by Gasteiger charge is 2.11. The SMILES string of the molecule is CCOc1ccccc1NC(=O)Cc1csc(-c2ccc(CC)cc2)n1. The number of para-hydroxylation sites is 2. The first kappa shape index (κ1) is 18.1. The highest BCUT2D eigenvalue weighted by atomic mass is 32.1. The van der Waals surface area contributed by atoms with Crippen LogP contribution >= 0.6 is 11.3 Å². The van der Waals surface area contributed by atoms with E-state index in [0.717, 1.165) is 22.7 Å². The summed E-state index contributed by atoms with van der Waals surface area (Å²) in [5.41, 5.74) is 3.85. The summed E-state index contributed by atoms with van der Waals surface area (Å²) in [4.78, 5) is 17.0. The topological polar surface area (TPSA) is 51.2 Å². The zero-order chi connectivity index (χ0) is 18.4. The fourth-order valence-electron chi connectivity index (χ4n) is 2.61. The average Bonchev–Trinajstić information content (AvgIpc) is 3.12. The third-order valence-electron chi connectivity index (χ3n) is 3.96. The standard InChI is InChI=1S/C21H22N2O2S/c1-3-15-9-11-16(12-10-15)21-22-17(14-26-21)13-20(24)23-18-7-5-6-8-19(18)25-4-2/h5-12,14H,3-4,13H2,1-2H3,(H,23,24). The average molecular weight is 366 g/mol. The number of hydrogen-bond acceptors (Lipinski definition) is 4. The molecule has 0 fully saturated rings. The Bertz CT molecular complexity index is 872. The van der Waals surface area contributed by atoms with Crippen molar-refractivity contribution in [3.05, 3.63) is 65.2 Å². The lowest BCUT2D eigenvalue weighted by molar-refractivity contribution is -0.115.